The van der Waals surface area contributed by atoms with Crippen molar-refractivity contribution in [3.05, 3.63) is 29.3 Å². The predicted octanol–water partition coefficient (Wildman–Crippen LogP) is 3.74. The first kappa shape index (κ1) is 14.6. The highest BCUT2D eigenvalue weighted by molar-refractivity contribution is 5.68. The van der Waals surface area contributed by atoms with Gasteiger partial charge in [0.2, 0.25) is 0 Å². The Morgan fingerprint density at radius 1 is 1.00 bits per heavy atom. The molecule has 100 valence electrons. The smallest absolute Gasteiger partial charge is 0.409 e. The first-order chi connectivity index (χ1) is 8.01. The summed E-state index contributed by atoms with van der Waals surface area (Å²) in [5.74, 6) is 0.500. The number of hydrogen-bond donors (Lipinski definition) is 1. The molecule has 0 fully saturated rings. The minimum atomic E-state index is -0.779. The molecule has 0 aromatic heterocycles. The largest absolute Gasteiger partial charge is 0.410 e. The first-order valence-electron chi connectivity index (χ1n) is 6.14. The topological polar surface area (TPSA) is 52.3 Å². The minimum absolute atomic E-state index is 0.0143. The van der Waals surface area contributed by atoms with Crippen molar-refractivity contribution in [2.75, 3.05) is 0 Å². The van der Waals surface area contributed by atoms with Crippen LogP contribution in [0.2, 0.25) is 0 Å². The molecule has 1 aromatic carbocycles. The summed E-state index contributed by atoms with van der Waals surface area (Å²) in [5.41, 5.74) is 7.51. The quantitative estimate of drug-likeness (QED) is 0.824. The van der Waals surface area contributed by atoms with Gasteiger partial charge in [0.25, 0.3) is 0 Å². The van der Waals surface area contributed by atoms with Crippen LogP contribution < -0.4 is 10.5 Å². The van der Waals surface area contributed by atoms with E-state index in [-0.39, 0.29) is 10.8 Å². The molecule has 0 saturated carbocycles. The Morgan fingerprint density at radius 2 is 1.50 bits per heavy atom. The molecule has 1 amide bonds. The molecule has 3 nitrogen and oxygen atoms in total. The van der Waals surface area contributed by atoms with Crippen molar-refractivity contribution in [2.24, 2.45) is 5.73 Å². The molecule has 0 heterocycles. The van der Waals surface area contributed by atoms with Gasteiger partial charge in [-0.15, -0.1) is 0 Å². The van der Waals surface area contributed by atoms with Gasteiger partial charge in [-0.1, -0.05) is 47.6 Å². The summed E-state index contributed by atoms with van der Waals surface area (Å²) in [7, 11) is 0. The zero-order valence-corrected chi connectivity index (χ0v) is 12.1. The molecule has 0 radical (unpaired) electrons. The van der Waals surface area contributed by atoms with Crippen molar-refractivity contribution >= 4 is 6.09 Å². The number of carbonyl (C=O) groups excluding carboxylic acids is 1. The molecule has 0 unspecified atom stereocenters. The van der Waals surface area contributed by atoms with Crippen LogP contribution in [0.4, 0.5) is 4.79 Å². The van der Waals surface area contributed by atoms with Gasteiger partial charge in [0, 0.05) is 0 Å². The number of rotatable bonds is 1. The van der Waals surface area contributed by atoms with Crippen molar-refractivity contribution in [1.82, 2.24) is 0 Å². The lowest BCUT2D eigenvalue weighted by molar-refractivity contribution is 0.210. The molecule has 18 heavy (non-hydrogen) atoms. The monoisotopic (exact) mass is 249 g/mol. The molecule has 1 rings (SSSR count). The molecular weight excluding hydrogens is 226 g/mol. The van der Waals surface area contributed by atoms with Gasteiger partial charge in [0.05, 0.1) is 0 Å². The molecule has 2 N–H and O–H groups in total. The maximum absolute atomic E-state index is 10.8. The lowest BCUT2D eigenvalue weighted by Crippen LogP contribution is -2.23. The van der Waals surface area contributed by atoms with Crippen LogP contribution in [0.5, 0.6) is 5.75 Å². The maximum atomic E-state index is 10.8. The molecule has 0 aliphatic carbocycles. The highest BCUT2D eigenvalue weighted by atomic mass is 16.5. The lowest BCUT2D eigenvalue weighted by Gasteiger charge is -2.30. The van der Waals surface area contributed by atoms with Crippen LogP contribution in [0.3, 0.4) is 0 Å². The summed E-state index contributed by atoms with van der Waals surface area (Å²) < 4.78 is 4.96. The average molecular weight is 249 g/mol. The summed E-state index contributed by atoms with van der Waals surface area (Å²) in [6.45, 7) is 13.0. The van der Waals surface area contributed by atoms with Gasteiger partial charge in [-0.2, -0.15) is 0 Å². The molecule has 0 aliphatic rings. The van der Waals surface area contributed by atoms with E-state index in [1.54, 1.807) is 6.07 Å². The third kappa shape index (κ3) is 3.49. The van der Waals surface area contributed by atoms with E-state index in [0.717, 1.165) is 0 Å². The van der Waals surface area contributed by atoms with Gasteiger partial charge >= 0.3 is 6.09 Å². The Balaban J connectivity index is 3.35. The van der Waals surface area contributed by atoms with Crippen LogP contribution in [-0.2, 0) is 10.8 Å². The Hall–Kier alpha value is -1.51. The van der Waals surface area contributed by atoms with Crippen molar-refractivity contribution in [3.8, 4) is 5.75 Å². The van der Waals surface area contributed by atoms with Crippen molar-refractivity contribution < 1.29 is 9.53 Å². The normalized spacial score (nSPS) is 12.3. The zero-order chi connectivity index (χ0) is 14.1. The van der Waals surface area contributed by atoms with Gasteiger partial charge in [-0.3, -0.25) is 0 Å². The Bertz CT molecular complexity index is 451. The number of nitrogens with two attached hydrogens (primary N) is 1. The van der Waals surface area contributed by atoms with E-state index >= 15 is 0 Å². The molecule has 3 heteroatoms. The van der Waals surface area contributed by atoms with Crippen LogP contribution in [0.25, 0.3) is 0 Å². The fourth-order valence-corrected chi connectivity index (χ4v) is 1.98. The third-order valence-electron chi connectivity index (χ3n) is 2.83. The summed E-state index contributed by atoms with van der Waals surface area (Å²) in [6, 6.07) is 5.71. The third-order valence-corrected chi connectivity index (χ3v) is 2.83. The van der Waals surface area contributed by atoms with Gasteiger partial charge in [-0.05, 0) is 34.1 Å². The van der Waals surface area contributed by atoms with Crippen LogP contribution >= 0.6 is 0 Å². The van der Waals surface area contributed by atoms with E-state index < -0.39 is 6.09 Å². The van der Waals surface area contributed by atoms with E-state index in [4.69, 9.17) is 10.5 Å². The van der Waals surface area contributed by atoms with Gasteiger partial charge in [-0.25, -0.2) is 4.79 Å². The fourth-order valence-electron chi connectivity index (χ4n) is 1.98. The molecule has 0 aliphatic heterocycles. The van der Waals surface area contributed by atoms with Crippen LogP contribution in [-0.4, -0.2) is 6.09 Å². The summed E-state index contributed by atoms with van der Waals surface area (Å²) in [5, 5.41) is 0. The lowest BCUT2D eigenvalue weighted by atomic mass is 9.75. The Labute approximate surface area is 109 Å². The van der Waals surface area contributed by atoms with Crippen molar-refractivity contribution in [1.29, 1.82) is 0 Å². The first-order valence-corrected chi connectivity index (χ1v) is 6.14. The second-order valence-electron chi connectivity index (χ2n) is 6.63. The zero-order valence-electron chi connectivity index (χ0n) is 12.1. The van der Waals surface area contributed by atoms with E-state index in [9.17, 15) is 4.79 Å². The standard InChI is InChI=1S/C15H23NO2/c1-14(2,3)11-8-7-10(18-13(16)17)9-12(11)15(4,5)6/h7-9H,1-6H3,(H2,16,17). The second kappa shape index (κ2) is 4.63. The van der Waals surface area contributed by atoms with E-state index in [0.29, 0.717) is 5.75 Å². The van der Waals surface area contributed by atoms with Crippen LogP contribution in [0.1, 0.15) is 52.7 Å². The number of benzene rings is 1. The number of amides is 1. The molecule has 0 atom stereocenters. The molecule has 1 aromatic rings. The highest BCUT2D eigenvalue weighted by Gasteiger charge is 2.25. The van der Waals surface area contributed by atoms with Crippen molar-refractivity contribution in [3.63, 3.8) is 0 Å². The number of hydrogen-bond acceptors (Lipinski definition) is 2. The molecular formula is C15H23NO2. The number of carbonyl (C=O) groups is 1. The highest BCUT2D eigenvalue weighted by Crippen LogP contribution is 2.36. The van der Waals surface area contributed by atoms with Gasteiger partial charge < -0.3 is 10.5 Å². The fraction of sp³-hybridized carbons (Fsp3) is 0.533. The van der Waals surface area contributed by atoms with E-state index in [1.165, 1.54) is 11.1 Å². The molecule has 0 spiro atoms. The van der Waals surface area contributed by atoms with E-state index in [1.807, 2.05) is 12.1 Å². The summed E-state index contributed by atoms with van der Waals surface area (Å²) in [6.07, 6.45) is -0.779. The molecule has 0 bridgehead atoms. The Morgan fingerprint density at radius 3 is 1.89 bits per heavy atom. The van der Waals surface area contributed by atoms with E-state index in [2.05, 4.69) is 41.5 Å². The molecule has 0 saturated heterocycles. The van der Waals surface area contributed by atoms with Gasteiger partial charge in [0.15, 0.2) is 0 Å². The van der Waals surface area contributed by atoms with Crippen molar-refractivity contribution in [2.45, 2.75) is 52.4 Å². The predicted molar refractivity (Wildman–Crippen MR) is 74.1 cm³/mol. The minimum Gasteiger partial charge on any atom is -0.410 e. The maximum Gasteiger partial charge on any atom is 0.409 e. The number of primary amides is 1. The summed E-state index contributed by atoms with van der Waals surface area (Å²) >= 11 is 0. The summed E-state index contributed by atoms with van der Waals surface area (Å²) in [4.78, 5) is 10.8. The SMILES string of the molecule is CC(C)(C)c1ccc(OC(N)=O)cc1C(C)(C)C. The Kier molecular flexibility index (Phi) is 3.75. The van der Waals surface area contributed by atoms with Crippen LogP contribution in [0, 0.1) is 0 Å². The van der Waals surface area contributed by atoms with Gasteiger partial charge in [0.1, 0.15) is 5.75 Å². The number of ether oxygens (including phenoxy) is 1. The second-order valence-corrected chi connectivity index (χ2v) is 6.63. The average Bonchev–Trinajstić information content (AvgIpc) is 2.13. The van der Waals surface area contributed by atoms with Crippen LogP contribution in [0.15, 0.2) is 18.2 Å².